The molecule has 1 aliphatic heterocycles. The number of nitrogens with zero attached hydrogens (tertiary/aromatic N) is 1. The second kappa shape index (κ2) is 7.30. The Kier molecular flexibility index (Phi) is 4.94. The van der Waals surface area contributed by atoms with E-state index in [2.05, 4.69) is 0 Å². The lowest BCUT2D eigenvalue weighted by atomic mass is 9.97. The van der Waals surface area contributed by atoms with Crippen LogP contribution in [-0.4, -0.2) is 37.0 Å². The molecule has 4 nitrogen and oxygen atoms in total. The third-order valence-electron chi connectivity index (χ3n) is 4.48. The van der Waals surface area contributed by atoms with Crippen molar-refractivity contribution in [2.75, 3.05) is 20.2 Å². The smallest absolute Gasteiger partial charge is 0.310 e. The monoisotopic (exact) mass is 323 g/mol. The summed E-state index contributed by atoms with van der Waals surface area (Å²) < 4.78 is 4.81. The van der Waals surface area contributed by atoms with Crippen molar-refractivity contribution in [3.05, 3.63) is 60.2 Å². The van der Waals surface area contributed by atoms with E-state index in [-0.39, 0.29) is 17.8 Å². The molecule has 0 radical (unpaired) electrons. The molecule has 0 aliphatic carbocycles. The van der Waals surface area contributed by atoms with Gasteiger partial charge >= 0.3 is 5.97 Å². The summed E-state index contributed by atoms with van der Waals surface area (Å²) in [4.78, 5) is 26.1. The van der Waals surface area contributed by atoms with Crippen LogP contribution in [0.1, 0.15) is 23.2 Å². The molecule has 0 unspecified atom stereocenters. The summed E-state index contributed by atoms with van der Waals surface area (Å²) in [7, 11) is 1.39. The molecule has 1 saturated heterocycles. The molecular formula is C20H21NO3. The first-order valence-electron chi connectivity index (χ1n) is 8.21. The summed E-state index contributed by atoms with van der Waals surface area (Å²) in [5.41, 5.74) is 2.86. The second-order valence-electron chi connectivity index (χ2n) is 6.06. The molecule has 2 aromatic carbocycles. The lowest BCUT2D eigenvalue weighted by Gasteiger charge is -2.31. The van der Waals surface area contributed by atoms with Crippen molar-refractivity contribution in [2.24, 2.45) is 5.92 Å². The lowest BCUT2D eigenvalue weighted by molar-refractivity contribution is -0.146. The van der Waals surface area contributed by atoms with Crippen LogP contribution in [0.3, 0.4) is 0 Å². The van der Waals surface area contributed by atoms with Gasteiger partial charge in [-0.2, -0.15) is 0 Å². The number of carbonyl (C=O) groups is 2. The number of methoxy groups -OCH3 is 1. The number of likely N-dealkylation sites (tertiary alicyclic amines) is 1. The van der Waals surface area contributed by atoms with Gasteiger partial charge in [-0.15, -0.1) is 0 Å². The van der Waals surface area contributed by atoms with E-state index in [0.717, 1.165) is 24.0 Å². The minimum Gasteiger partial charge on any atom is -0.469 e. The average molecular weight is 323 g/mol. The number of hydrogen-bond acceptors (Lipinski definition) is 3. The Morgan fingerprint density at radius 1 is 1.00 bits per heavy atom. The maximum absolute atomic E-state index is 12.7. The molecule has 0 saturated carbocycles. The number of carbonyl (C=O) groups excluding carboxylic acids is 2. The fraction of sp³-hybridized carbons (Fsp3) is 0.300. The molecule has 24 heavy (non-hydrogen) atoms. The summed E-state index contributed by atoms with van der Waals surface area (Å²) in [6.07, 6.45) is 1.61. The summed E-state index contributed by atoms with van der Waals surface area (Å²) in [5, 5.41) is 0. The molecule has 1 fully saturated rings. The van der Waals surface area contributed by atoms with Gasteiger partial charge in [-0.25, -0.2) is 0 Å². The van der Waals surface area contributed by atoms with Crippen LogP contribution in [-0.2, 0) is 9.53 Å². The van der Waals surface area contributed by atoms with Crippen molar-refractivity contribution in [1.29, 1.82) is 0 Å². The van der Waals surface area contributed by atoms with Crippen molar-refractivity contribution in [1.82, 2.24) is 4.90 Å². The molecule has 3 rings (SSSR count). The SMILES string of the molecule is COC(=O)[C@@H]1CCCN(C(=O)c2ccc(-c3ccccc3)cc2)C1. The molecule has 2 aromatic rings. The van der Waals surface area contributed by atoms with Gasteiger partial charge in [0.2, 0.25) is 0 Å². The van der Waals surface area contributed by atoms with Crippen molar-refractivity contribution in [3.8, 4) is 11.1 Å². The molecule has 0 aromatic heterocycles. The van der Waals surface area contributed by atoms with Crippen molar-refractivity contribution >= 4 is 11.9 Å². The predicted molar refractivity (Wildman–Crippen MR) is 92.5 cm³/mol. The zero-order valence-corrected chi connectivity index (χ0v) is 13.8. The number of rotatable bonds is 3. The quantitative estimate of drug-likeness (QED) is 0.814. The van der Waals surface area contributed by atoms with Gasteiger partial charge in [0, 0.05) is 18.7 Å². The third-order valence-corrected chi connectivity index (χ3v) is 4.48. The van der Waals surface area contributed by atoms with Crippen LogP contribution in [0.2, 0.25) is 0 Å². The number of amides is 1. The van der Waals surface area contributed by atoms with Gasteiger partial charge in [0.25, 0.3) is 5.91 Å². The fourth-order valence-electron chi connectivity index (χ4n) is 3.14. The van der Waals surface area contributed by atoms with E-state index < -0.39 is 0 Å². The highest BCUT2D eigenvalue weighted by Gasteiger charge is 2.29. The van der Waals surface area contributed by atoms with E-state index in [9.17, 15) is 9.59 Å². The van der Waals surface area contributed by atoms with Crippen molar-refractivity contribution in [3.63, 3.8) is 0 Å². The average Bonchev–Trinajstić information content (AvgIpc) is 2.67. The lowest BCUT2D eigenvalue weighted by Crippen LogP contribution is -2.42. The maximum Gasteiger partial charge on any atom is 0.310 e. The molecule has 124 valence electrons. The van der Waals surface area contributed by atoms with E-state index in [1.54, 1.807) is 4.90 Å². The molecule has 0 N–H and O–H groups in total. The summed E-state index contributed by atoms with van der Waals surface area (Å²) in [5.74, 6) is -0.466. The zero-order chi connectivity index (χ0) is 16.9. The van der Waals surface area contributed by atoms with E-state index in [4.69, 9.17) is 4.74 Å². The fourth-order valence-corrected chi connectivity index (χ4v) is 3.14. The van der Waals surface area contributed by atoms with Gasteiger partial charge in [-0.1, -0.05) is 42.5 Å². The minimum atomic E-state index is -0.230. The van der Waals surface area contributed by atoms with E-state index >= 15 is 0 Å². The predicted octanol–water partition coefficient (Wildman–Crippen LogP) is 3.38. The first-order valence-corrected chi connectivity index (χ1v) is 8.21. The van der Waals surface area contributed by atoms with Crippen LogP contribution in [0.4, 0.5) is 0 Å². The van der Waals surface area contributed by atoms with E-state index in [1.807, 2.05) is 54.6 Å². The Hall–Kier alpha value is -2.62. The first kappa shape index (κ1) is 16.2. The largest absolute Gasteiger partial charge is 0.469 e. The Balaban J connectivity index is 1.72. The van der Waals surface area contributed by atoms with E-state index in [0.29, 0.717) is 18.7 Å². The van der Waals surface area contributed by atoms with E-state index in [1.165, 1.54) is 7.11 Å². The van der Waals surface area contributed by atoms with Gasteiger partial charge < -0.3 is 9.64 Å². The van der Waals surface area contributed by atoms with Gasteiger partial charge in [0.1, 0.15) is 0 Å². The number of esters is 1. The standard InChI is InChI=1S/C20H21NO3/c1-24-20(23)18-8-5-13-21(14-18)19(22)17-11-9-16(10-12-17)15-6-3-2-4-7-15/h2-4,6-7,9-12,18H,5,8,13-14H2,1H3/t18-/m1/s1. The van der Waals surface area contributed by atoms with Crippen LogP contribution in [0.15, 0.2) is 54.6 Å². The second-order valence-corrected chi connectivity index (χ2v) is 6.06. The summed E-state index contributed by atoms with van der Waals surface area (Å²) in [6.45, 7) is 1.12. The summed E-state index contributed by atoms with van der Waals surface area (Å²) >= 11 is 0. The Morgan fingerprint density at radius 3 is 2.33 bits per heavy atom. The highest BCUT2D eigenvalue weighted by Crippen LogP contribution is 2.22. The highest BCUT2D eigenvalue weighted by molar-refractivity contribution is 5.95. The van der Waals surface area contributed by atoms with Crippen LogP contribution in [0, 0.1) is 5.92 Å². The number of piperidine rings is 1. The molecular weight excluding hydrogens is 302 g/mol. The van der Waals surface area contributed by atoms with Gasteiger partial charge in [0.05, 0.1) is 13.0 Å². The Labute approximate surface area is 142 Å². The number of ether oxygens (including phenoxy) is 1. The van der Waals surface area contributed by atoms with Crippen LogP contribution in [0.25, 0.3) is 11.1 Å². The Morgan fingerprint density at radius 2 is 1.67 bits per heavy atom. The van der Waals surface area contributed by atoms with Crippen LogP contribution < -0.4 is 0 Å². The molecule has 1 atom stereocenters. The van der Waals surface area contributed by atoms with Crippen LogP contribution in [0.5, 0.6) is 0 Å². The molecule has 1 aliphatic rings. The topological polar surface area (TPSA) is 46.6 Å². The van der Waals surface area contributed by atoms with Gasteiger partial charge in [-0.3, -0.25) is 9.59 Å². The molecule has 0 bridgehead atoms. The number of benzene rings is 2. The minimum absolute atomic E-state index is 0.0248. The normalized spacial score (nSPS) is 17.4. The van der Waals surface area contributed by atoms with Gasteiger partial charge in [-0.05, 0) is 36.1 Å². The first-order chi connectivity index (χ1) is 11.7. The maximum atomic E-state index is 12.7. The molecule has 0 spiro atoms. The van der Waals surface area contributed by atoms with Gasteiger partial charge in [0.15, 0.2) is 0 Å². The molecule has 1 heterocycles. The molecule has 4 heteroatoms. The molecule has 1 amide bonds. The number of hydrogen-bond donors (Lipinski definition) is 0. The summed E-state index contributed by atoms with van der Waals surface area (Å²) in [6, 6.07) is 17.7. The van der Waals surface area contributed by atoms with Crippen molar-refractivity contribution in [2.45, 2.75) is 12.8 Å². The highest BCUT2D eigenvalue weighted by atomic mass is 16.5. The Bertz CT molecular complexity index is 709. The zero-order valence-electron chi connectivity index (χ0n) is 13.8. The third kappa shape index (κ3) is 3.48. The van der Waals surface area contributed by atoms with Crippen LogP contribution >= 0.6 is 0 Å². The van der Waals surface area contributed by atoms with Crippen molar-refractivity contribution < 1.29 is 14.3 Å².